The molecule has 4 heteroatoms. The van der Waals surface area contributed by atoms with Crippen molar-refractivity contribution >= 4 is 15.9 Å². The normalized spacial score (nSPS) is 22.1. The Bertz CT molecular complexity index is 313. The highest BCUT2D eigenvalue weighted by Gasteiger charge is 2.22. The highest BCUT2D eigenvalue weighted by molar-refractivity contribution is 9.10. The number of rotatable bonds is 2. The zero-order valence-electron chi connectivity index (χ0n) is 8.63. The lowest BCUT2D eigenvalue weighted by Crippen LogP contribution is -2.14. The van der Waals surface area contributed by atoms with E-state index in [-0.39, 0.29) is 0 Å². The first-order chi connectivity index (χ1) is 6.68. The van der Waals surface area contributed by atoms with E-state index in [0.29, 0.717) is 12.1 Å². The van der Waals surface area contributed by atoms with E-state index in [2.05, 4.69) is 46.4 Å². The molecule has 0 unspecified atom stereocenters. The summed E-state index contributed by atoms with van der Waals surface area (Å²) in [4.78, 5) is 0. The van der Waals surface area contributed by atoms with E-state index in [1.165, 1.54) is 12.8 Å². The van der Waals surface area contributed by atoms with Crippen LogP contribution < -0.4 is 5.32 Å². The van der Waals surface area contributed by atoms with E-state index in [0.717, 1.165) is 16.7 Å². The van der Waals surface area contributed by atoms with E-state index in [9.17, 15) is 0 Å². The molecular weight excluding hydrogens is 242 g/mol. The predicted octanol–water partition coefficient (Wildman–Crippen LogP) is 2.65. The van der Waals surface area contributed by atoms with Gasteiger partial charge in [-0.3, -0.25) is 4.68 Å². The molecule has 1 aromatic rings. The van der Waals surface area contributed by atoms with Gasteiger partial charge in [0.2, 0.25) is 0 Å². The fraction of sp³-hybridized carbons (Fsp3) is 0.700. The number of aromatic nitrogens is 2. The Kier molecular flexibility index (Phi) is 2.93. The van der Waals surface area contributed by atoms with Crippen LogP contribution in [0.1, 0.15) is 44.5 Å². The number of hydrogen-bond acceptors (Lipinski definition) is 2. The minimum atomic E-state index is 0.432. The van der Waals surface area contributed by atoms with Crippen molar-refractivity contribution in [3.05, 3.63) is 16.4 Å². The van der Waals surface area contributed by atoms with E-state index in [1.54, 1.807) is 0 Å². The third-order valence-electron chi connectivity index (χ3n) is 2.63. The summed E-state index contributed by atoms with van der Waals surface area (Å²) in [5.41, 5.74) is 1.16. The van der Waals surface area contributed by atoms with Crippen LogP contribution in [0.4, 0.5) is 0 Å². The molecule has 1 atom stereocenters. The molecule has 14 heavy (non-hydrogen) atoms. The highest BCUT2D eigenvalue weighted by Crippen LogP contribution is 2.28. The average molecular weight is 258 g/mol. The summed E-state index contributed by atoms with van der Waals surface area (Å²) in [6, 6.07) is 0.880. The monoisotopic (exact) mass is 257 g/mol. The molecule has 3 nitrogen and oxygen atoms in total. The molecule has 1 saturated heterocycles. The Morgan fingerprint density at radius 2 is 2.43 bits per heavy atom. The molecule has 78 valence electrons. The van der Waals surface area contributed by atoms with Crippen LogP contribution in [-0.4, -0.2) is 16.3 Å². The molecule has 0 saturated carbocycles. The van der Waals surface area contributed by atoms with Crippen LogP contribution in [0.3, 0.4) is 0 Å². The van der Waals surface area contributed by atoms with Crippen LogP contribution in [0, 0.1) is 0 Å². The van der Waals surface area contributed by atoms with Crippen LogP contribution in [0.25, 0.3) is 0 Å². The van der Waals surface area contributed by atoms with Crippen molar-refractivity contribution in [2.24, 2.45) is 0 Å². The summed E-state index contributed by atoms with van der Waals surface area (Å²) < 4.78 is 3.14. The van der Waals surface area contributed by atoms with Crippen LogP contribution in [0.5, 0.6) is 0 Å². The lowest BCUT2D eigenvalue weighted by atomic mass is 10.2. The van der Waals surface area contributed by atoms with Crippen molar-refractivity contribution in [2.75, 3.05) is 6.54 Å². The first-order valence-electron chi connectivity index (χ1n) is 5.16. The zero-order valence-corrected chi connectivity index (χ0v) is 10.2. The van der Waals surface area contributed by atoms with Crippen molar-refractivity contribution in [1.29, 1.82) is 0 Å². The Morgan fingerprint density at radius 1 is 1.64 bits per heavy atom. The number of nitrogens with zero attached hydrogens (tertiary/aromatic N) is 2. The molecule has 1 aliphatic rings. The van der Waals surface area contributed by atoms with Crippen LogP contribution >= 0.6 is 15.9 Å². The van der Waals surface area contributed by atoms with E-state index >= 15 is 0 Å². The Balaban J connectivity index is 2.24. The van der Waals surface area contributed by atoms with Gasteiger partial charge in [-0.15, -0.1) is 0 Å². The molecule has 2 heterocycles. The molecule has 0 spiro atoms. The van der Waals surface area contributed by atoms with Gasteiger partial charge in [0.05, 0.1) is 16.2 Å². The summed E-state index contributed by atoms with van der Waals surface area (Å²) in [5, 5.41) is 8.06. The molecule has 0 aliphatic carbocycles. The van der Waals surface area contributed by atoms with Crippen molar-refractivity contribution in [3.63, 3.8) is 0 Å². The minimum Gasteiger partial charge on any atom is -0.309 e. The fourth-order valence-corrected chi connectivity index (χ4v) is 2.37. The first-order valence-corrected chi connectivity index (χ1v) is 5.95. The maximum Gasteiger partial charge on any atom is 0.0935 e. The molecule has 0 amide bonds. The van der Waals surface area contributed by atoms with E-state index in [4.69, 9.17) is 0 Å². The van der Waals surface area contributed by atoms with Crippen molar-refractivity contribution in [1.82, 2.24) is 15.1 Å². The molecule has 1 aromatic heterocycles. The summed E-state index contributed by atoms with van der Waals surface area (Å²) in [6.45, 7) is 5.40. The van der Waals surface area contributed by atoms with Gasteiger partial charge in [0, 0.05) is 12.2 Å². The largest absolute Gasteiger partial charge is 0.309 e. The molecule has 0 aromatic carbocycles. The maximum atomic E-state index is 4.60. The Morgan fingerprint density at radius 3 is 2.93 bits per heavy atom. The van der Waals surface area contributed by atoms with Gasteiger partial charge in [-0.2, -0.15) is 5.10 Å². The SMILES string of the molecule is CC(C)n1cc(Br)c([C@H]2CCCN2)n1. The van der Waals surface area contributed by atoms with Crippen molar-refractivity contribution in [3.8, 4) is 0 Å². The molecule has 1 aliphatic heterocycles. The van der Waals surface area contributed by atoms with Crippen molar-refractivity contribution in [2.45, 2.75) is 38.8 Å². The van der Waals surface area contributed by atoms with Gasteiger partial charge in [-0.05, 0) is 49.2 Å². The quantitative estimate of drug-likeness (QED) is 0.883. The summed E-state index contributed by atoms with van der Waals surface area (Å²) in [5.74, 6) is 0. The summed E-state index contributed by atoms with van der Waals surface area (Å²) in [7, 11) is 0. The second kappa shape index (κ2) is 4.03. The topological polar surface area (TPSA) is 29.9 Å². The van der Waals surface area contributed by atoms with Gasteiger partial charge >= 0.3 is 0 Å². The predicted molar refractivity (Wildman–Crippen MR) is 60.3 cm³/mol. The molecule has 0 radical (unpaired) electrons. The second-order valence-corrected chi connectivity index (χ2v) is 4.94. The Labute approximate surface area is 93.0 Å². The van der Waals surface area contributed by atoms with Gasteiger partial charge in [0.1, 0.15) is 0 Å². The number of nitrogens with one attached hydrogen (secondary N) is 1. The van der Waals surface area contributed by atoms with Gasteiger partial charge < -0.3 is 5.32 Å². The second-order valence-electron chi connectivity index (χ2n) is 4.08. The van der Waals surface area contributed by atoms with E-state index < -0.39 is 0 Å². The number of hydrogen-bond donors (Lipinski definition) is 1. The third kappa shape index (κ3) is 1.86. The minimum absolute atomic E-state index is 0.432. The third-order valence-corrected chi connectivity index (χ3v) is 3.24. The van der Waals surface area contributed by atoms with Crippen LogP contribution in [0.2, 0.25) is 0 Å². The van der Waals surface area contributed by atoms with Gasteiger partial charge in [0.15, 0.2) is 0 Å². The van der Waals surface area contributed by atoms with Crippen LogP contribution in [-0.2, 0) is 0 Å². The van der Waals surface area contributed by atoms with Gasteiger partial charge in [0.25, 0.3) is 0 Å². The van der Waals surface area contributed by atoms with Crippen molar-refractivity contribution < 1.29 is 0 Å². The first kappa shape index (κ1) is 10.2. The number of halogens is 1. The van der Waals surface area contributed by atoms with Gasteiger partial charge in [-0.1, -0.05) is 0 Å². The Hall–Kier alpha value is -0.350. The lowest BCUT2D eigenvalue weighted by Gasteiger charge is -2.07. The lowest BCUT2D eigenvalue weighted by molar-refractivity contribution is 0.511. The standard InChI is InChI=1S/C10H16BrN3/c1-7(2)14-6-8(11)10(13-14)9-4-3-5-12-9/h6-7,9,12H,3-5H2,1-2H3/t9-/m1/s1. The molecule has 0 bridgehead atoms. The molecular formula is C10H16BrN3. The maximum absolute atomic E-state index is 4.60. The smallest absolute Gasteiger partial charge is 0.0935 e. The molecule has 2 rings (SSSR count). The molecule has 1 N–H and O–H groups in total. The fourth-order valence-electron chi connectivity index (χ4n) is 1.80. The van der Waals surface area contributed by atoms with E-state index in [1.807, 2.05) is 4.68 Å². The highest BCUT2D eigenvalue weighted by atomic mass is 79.9. The summed E-state index contributed by atoms with van der Waals surface area (Å²) in [6.07, 6.45) is 4.53. The average Bonchev–Trinajstić information content (AvgIpc) is 2.71. The van der Waals surface area contributed by atoms with Gasteiger partial charge in [-0.25, -0.2) is 0 Å². The van der Waals surface area contributed by atoms with Crippen LogP contribution in [0.15, 0.2) is 10.7 Å². The summed E-state index contributed by atoms with van der Waals surface area (Å²) >= 11 is 3.57. The zero-order chi connectivity index (χ0) is 10.1. The molecule has 1 fully saturated rings.